The van der Waals surface area contributed by atoms with E-state index in [-0.39, 0.29) is 24.8 Å². The van der Waals surface area contributed by atoms with Crippen molar-refractivity contribution < 1.29 is 17.6 Å². The molecule has 0 bridgehead atoms. The number of rotatable bonds is 10. The Labute approximate surface area is 180 Å². The first-order chi connectivity index (χ1) is 13.7. The van der Waals surface area contributed by atoms with Gasteiger partial charge in [0.1, 0.15) is 5.82 Å². The minimum absolute atomic E-state index is 0.132. The van der Waals surface area contributed by atoms with E-state index < -0.39 is 10.0 Å². The van der Waals surface area contributed by atoms with E-state index in [1.165, 1.54) is 17.8 Å². The molecule has 1 amide bonds. The van der Waals surface area contributed by atoms with Crippen molar-refractivity contribution in [3.8, 4) is 0 Å². The van der Waals surface area contributed by atoms with Crippen LogP contribution < -0.4 is 5.32 Å². The zero-order valence-corrected chi connectivity index (χ0v) is 18.7. The zero-order chi connectivity index (χ0) is 21.4. The predicted molar refractivity (Wildman–Crippen MR) is 117 cm³/mol. The summed E-state index contributed by atoms with van der Waals surface area (Å²) in [4.78, 5) is 12.2. The van der Waals surface area contributed by atoms with Crippen LogP contribution >= 0.6 is 23.4 Å². The van der Waals surface area contributed by atoms with E-state index in [0.29, 0.717) is 28.6 Å². The van der Waals surface area contributed by atoms with Crippen LogP contribution in [0, 0.1) is 12.7 Å². The molecule has 0 saturated heterocycles. The summed E-state index contributed by atoms with van der Waals surface area (Å²) in [6.07, 6.45) is 1.09. The topological polar surface area (TPSA) is 66.5 Å². The SMILES string of the molecule is Cc1ccc(CN(CC(=O)NCCSCc2c(F)cccc2Cl)S(C)(=O)=O)cc1. The van der Waals surface area contributed by atoms with Gasteiger partial charge in [-0.25, -0.2) is 12.8 Å². The minimum atomic E-state index is -3.54. The van der Waals surface area contributed by atoms with Gasteiger partial charge in [-0.1, -0.05) is 47.5 Å². The van der Waals surface area contributed by atoms with Gasteiger partial charge < -0.3 is 5.32 Å². The maximum atomic E-state index is 13.7. The van der Waals surface area contributed by atoms with Gasteiger partial charge in [-0.15, -0.1) is 0 Å². The Kier molecular flexibility index (Phi) is 8.95. The number of sulfonamides is 1. The molecule has 9 heteroatoms. The van der Waals surface area contributed by atoms with Gasteiger partial charge in [-0.05, 0) is 24.6 Å². The summed E-state index contributed by atoms with van der Waals surface area (Å²) in [5, 5.41) is 3.08. The first-order valence-electron chi connectivity index (χ1n) is 8.95. The van der Waals surface area contributed by atoms with Crippen molar-refractivity contribution in [2.75, 3.05) is 25.1 Å². The fraction of sp³-hybridized carbons (Fsp3) is 0.350. The molecule has 29 heavy (non-hydrogen) atoms. The second-order valence-corrected chi connectivity index (χ2v) is 10.1. The Morgan fingerprint density at radius 3 is 2.52 bits per heavy atom. The number of thioether (sulfide) groups is 1. The van der Waals surface area contributed by atoms with Gasteiger partial charge in [0, 0.05) is 35.2 Å². The molecule has 2 aromatic carbocycles. The number of carbonyl (C=O) groups excluding carboxylic acids is 1. The van der Waals surface area contributed by atoms with Crippen molar-refractivity contribution in [1.29, 1.82) is 0 Å². The normalized spacial score (nSPS) is 11.6. The van der Waals surface area contributed by atoms with Crippen LogP contribution in [0.4, 0.5) is 4.39 Å². The Hall–Kier alpha value is -1.61. The van der Waals surface area contributed by atoms with Gasteiger partial charge in [-0.2, -0.15) is 16.1 Å². The Bertz CT molecular complexity index is 917. The summed E-state index contributed by atoms with van der Waals surface area (Å²) in [5.74, 6) is 0.207. The molecule has 0 aromatic heterocycles. The fourth-order valence-electron chi connectivity index (χ4n) is 2.51. The standard InChI is InChI=1S/C20H24ClFN2O3S2/c1-15-6-8-16(9-7-15)12-24(29(2,26)27)13-20(25)23-10-11-28-14-17-18(21)4-3-5-19(17)22/h3-9H,10-14H2,1-2H3,(H,23,25). The molecule has 0 atom stereocenters. The predicted octanol–water partition coefficient (Wildman–Crippen LogP) is 3.60. The zero-order valence-electron chi connectivity index (χ0n) is 16.3. The molecule has 0 saturated carbocycles. The Morgan fingerprint density at radius 2 is 1.90 bits per heavy atom. The number of hydrogen-bond donors (Lipinski definition) is 1. The number of amides is 1. The molecule has 158 valence electrons. The maximum absolute atomic E-state index is 13.7. The van der Waals surface area contributed by atoms with Gasteiger partial charge in [0.15, 0.2) is 0 Å². The van der Waals surface area contributed by atoms with Crippen molar-refractivity contribution in [3.05, 3.63) is 70.0 Å². The molecule has 0 aliphatic rings. The number of hydrogen-bond acceptors (Lipinski definition) is 4. The van der Waals surface area contributed by atoms with Gasteiger partial charge >= 0.3 is 0 Å². The van der Waals surface area contributed by atoms with E-state index in [1.54, 1.807) is 12.1 Å². The molecule has 0 unspecified atom stereocenters. The summed E-state index contributed by atoms with van der Waals surface area (Å²) >= 11 is 7.42. The molecule has 5 nitrogen and oxygen atoms in total. The lowest BCUT2D eigenvalue weighted by molar-refractivity contribution is -0.121. The van der Waals surface area contributed by atoms with Crippen LogP contribution in [0.15, 0.2) is 42.5 Å². The Balaban J connectivity index is 1.80. The highest BCUT2D eigenvalue weighted by molar-refractivity contribution is 7.98. The number of carbonyl (C=O) groups is 1. The summed E-state index contributed by atoms with van der Waals surface area (Å²) < 4.78 is 38.9. The number of benzene rings is 2. The molecule has 0 heterocycles. The second-order valence-electron chi connectivity index (χ2n) is 6.62. The molecule has 0 fully saturated rings. The molecular weight excluding hydrogens is 435 g/mol. The monoisotopic (exact) mass is 458 g/mol. The average molecular weight is 459 g/mol. The first kappa shape index (κ1) is 23.7. The quantitative estimate of drug-likeness (QED) is 0.552. The van der Waals surface area contributed by atoms with Crippen LogP contribution in [0.3, 0.4) is 0 Å². The van der Waals surface area contributed by atoms with Crippen molar-refractivity contribution in [3.63, 3.8) is 0 Å². The van der Waals surface area contributed by atoms with Crippen LogP contribution in [0.2, 0.25) is 5.02 Å². The van der Waals surface area contributed by atoms with Crippen LogP contribution in [0.25, 0.3) is 0 Å². The third-order valence-corrected chi connectivity index (χ3v) is 6.68. The minimum Gasteiger partial charge on any atom is -0.354 e. The number of aryl methyl sites for hydroxylation is 1. The highest BCUT2D eigenvalue weighted by Gasteiger charge is 2.20. The summed E-state index contributed by atoms with van der Waals surface area (Å²) in [5.41, 5.74) is 2.32. The van der Waals surface area contributed by atoms with Crippen molar-refractivity contribution >= 4 is 39.3 Å². The third kappa shape index (κ3) is 7.97. The van der Waals surface area contributed by atoms with Gasteiger partial charge in [-0.3, -0.25) is 4.79 Å². The summed E-state index contributed by atoms with van der Waals surface area (Å²) in [7, 11) is -3.54. The third-order valence-electron chi connectivity index (χ3n) is 4.15. The van der Waals surface area contributed by atoms with E-state index >= 15 is 0 Å². The van der Waals surface area contributed by atoms with E-state index in [4.69, 9.17) is 11.6 Å². The maximum Gasteiger partial charge on any atom is 0.235 e. The van der Waals surface area contributed by atoms with Crippen molar-refractivity contribution in [2.24, 2.45) is 0 Å². The Morgan fingerprint density at radius 1 is 1.21 bits per heavy atom. The molecule has 1 N–H and O–H groups in total. The lowest BCUT2D eigenvalue weighted by Gasteiger charge is -2.19. The van der Waals surface area contributed by atoms with E-state index in [9.17, 15) is 17.6 Å². The number of nitrogens with zero attached hydrogens (tertiary/aromatic N) is 1. The molecular formula is C20H24ClFN2O3S2. The second kappa shape index (κ2) is 11.0. The summed E-state index contributed by atoms with van der Waals surface area (Å²) in [6, 6.07) is 12.0. The molecule has 0 spiro atoms. The van der Waals surface area contributed by atoms with Crippen LogP contribution in [0.5, 0.6) is 0 Å². The lowest BCUT2D eigenvalue weighted by Crippen LogP contribution is -2.40. The molecule has 2 rings (SSSR count). The van der Waals surface area contributed by atoms with E-state index in [1.807, 2.05) is 31.2 Å². The van der Waals surface area contributed by atoms with Gasteiger partial charge in [0.25, 0.3) is 0 Å². The van der Waals surface area contributed by atoms with Gasteiger partial charge in [0.05, 0.1) is 12.8 Å². The lowest BCUT2D eigenvalue weighted by atomic mass is 10.1. The van der Waals surface area contributed by atoms with Gasteiger partial charge in [0.2, 0.25) is 15.9 Å². The number of halogens is 2. The van der Waals surface area contributed by atoms with Crippen molar-refractivity contribution in [2.45, 2.75) is 19.2 Å². The molecule has 0 aliphatic carbocycles. The highest BCUT2D eigenvalue weighted by Crippen LogP contribution is 2.23. The van der Waals surface area contributed by atoms with E-state index in [2.05, 4.69) is 5.32 Å². The van der Waals surface area contributed by atoms with Crippen LogP contribution in [-0.2, 0) is 27.1 Å². The fourth-order valence-corrected chi connectivity index (χ4v) is 4.44. The number of nitrogens with one attached hydrogen (secondary N) is 1. The van der Waals surface area contributed by atoms with Crippen LogP contribution in [-0.4, -0.2) is 43.7 Å². The van der Waals surface area contributed by atoms with E-state index in [0.717, 1.165) is 21.7 Å². The smallest absolute Gasteiger partial charge is 0.235 e. The highest BCUT2D eigenvalue weighted by atomic mass is 35.5. The summed E-state index contributed by atoms with van der Waals surface area (Å²) in [6.45, 7) is 2.17. The van der Waals surface area contributed by atoms with Crippen LogP contribution in [0.1, 0.15) is 16.7 Å². The van der Waals surface area contributed by atoms with Crippen molar-refractivity contribution in [1.82, 2.24) is 9.62 Å². The molecule has 0 radical (unpaired) electrons. The molecule has 0 aliphatic heterocycles. The largest absolute Gasteiger partial charge is 0.354 e. The molecule has 2 aromatic rings. The first-order valence-corrected chi connectivity index (χ1v) is 12.3. The average Bonchev–Trinajstić information content (AvgIpc) is 2.64.